The van der Waals surface area contributed by atoms with E-state index >= 15 is 0 Å². The number of hydrogen-bond donors (Lipinski definition) is 0. The number of rotatable bonds is 2. The van der Waals surface area contributed by atoms with Crippen LogP contribution in [0.15, 0.2) is 59.7 Å². The average Bonchev–Trinajstić information content (AvgIpc) is 3.31. The van der Waals surface area contributed by atoms with E-state index in [9.17, 15) is 0 Å². The highest BCUT2D eigenvalue weighted by molar-refractivity contribution is 5.79. The van der Waals surface area contributed by atoms with E-state index in [1.165, 1.54) is 51.4 Å². The van der Waals surface area contributed by atoms with Gasteiger partial charge in [-0.05, 0) is 103 Å². The second kappa shape index (κ2) is 6.48. The molecule has 6 rings (SSSR count). The first kappa shape index (κ1) is 16.8. The van der Waals surface area contributed by atoms with Gasteiger partial charge in [0, 0.05) is 0 Å². The smallest absolute Gasteiger partial charge is 0.00521 e. The average molecular weight is 367 g/mol. The maximum absolute atomic E-state index is 2.59. The summed E-state index contributed by atoms with van der Waals surface area (Å²) in [6, 6.07) is 18.4. The van der Waals surface area contributed by atoms with Crippen molar-refractivity contribution in [3.63, 3.8) is 0 Å². The fraction of sp³-hybridized carbons (Fsp3) is 0.429. The summed E-state index contributed by atoms with van der Waals surface area (Å²) in [5, 5.41) is 0. The molecule has 142 valence electrons. The van der Waals surface area contributed by atoms with Crippen molar-refractivity contribution in [1.82, 2.24) is 0 Å². The molecule has 0 radical (unpaired) electrons. The van der Waals surface area contributed by atoms with E-state index in [1.807, 2.05) is 11.1 Å². The molecule has 2 aromatic carbocycles. The Bertz CT molecular complexity index is 921. The monoisotopic (exact) mass is 366 g/mol. The molecule has 28 heavy (non-hydrogen) atoms. The van der Waals surface area contributed by atoms with Crippen LogP contribution in [0.2, 0.25) is 0 Å². The van der Waals surface area contributed by atoms with E-state index < -0.39 is 0 Å². The Morgan fingerprint density at radius 1 is 0.679 bits per heavy atom. The van der Waals surface area contributed by atoms with Crippen LogP contribution >= 0.6 is 0 Å². The first-order chi connectivity index (χ1) is 13.8. The van der Waals surface area contributed by atoms with Crippen molar-refractivity contribution >= 4 is 11.1 Å². The molecule has 4 aliphatic rings. The largest absolute Gasteiger partial charge is 0.0619 e. The van der Waals surface area contributed by atoms with Crippen LogP contribution in [-0.4, -0.2) is 0 Å². The number of allylic oxidation sites excluding steroid dienone is 4. The quantitative estimate of drug-likeness (QED) is 0.525. The third-order valence-corrected chi connectivity index (χ3v) is 8.27. The van der Waals surface area contributed by atoms with E-state index in [2.05, 4.69) is 55.5 Å². The Morgan fingerprint density at radius 3 is 1.64 bits per heavy atom. The molecule has 4 aliphatic carbocycles. The Morgan fingerprint density at radius 2 is 1.14 bits per heavy atom. The van der Waals surface area contributed by atoms with Gasteiger partial charge in [0.1, 0.15) is 0 Å². The molecule has 0 aromatic heterocycles. The van der Waals surface area contributed by atoms with Crippen LogP contribution in [0.3, 0.4) is 0 Å². The fourth-order valence-electron chi connectivity index (χ4n) is 6.99. The summed E-state index contributed by atoms with van der Waals surface area (Å²) in [4.78, 5) is 0. The SMILES string of the molecule is CC(C1CCCC2=C1Cc1ccccc12)C1CCCC2=C1Cc1ccccc12. The zero-order valence-electron chi connectivity index (χ0n) is 17.0. The Labute approximate surface area is 169 Å². The van der Waals surface area contributed by atoms with Gasteiger partial charge in [-0.15, -0.1) is 0 Å². The summed E-state index contributed by atoms with van der Waals surface area (Å²) >= 11 is 0. The van der Waals surface area contributed by atoms with E-state index in [0.29, 0.717) is 0 Å². The van der Waals surface area contributed by atoms with Crippen LogP contribution in [0.25, 0.3) is 11.1 Å². The van der Waals surface area contributed by atoms with E-state index in [4.69, 9.17) is 0 Å². The summed E-state index contributed by atoms with van der Waals surface area (Å²) in [5.74, 6) is 2.35. The molecular weight excluding hydrogens is 336 g/mol. The van der Waals surface area contributed by atoms with Crippen molar-refractivity contribution in [2.45, 2.75) is 58.3 Å². The highest BCUT2D eigenvalue weighted by Crippen LogP contribution is 2.52. The van der Waals surface area contributed by atoms with Crippen molar-refractivity contribution in [3.8, 4) is 0 Å². The normalized spacial score (nSPS) is 26.6. The van der Waals surface area contributed by atoms with Crippen LogP contribution < -0.4 is 0 Å². The van der Waals surface area contributed by atoms with Gasteiger partial charge >= 0.3 is 0 Å². The summed E-state index contributed by atoms with van der Waals surface area (Å²) < 4.78 is 0. The molecular formula is C28H30. The van der Waals surface area contributed by atoms with Gasteiger partial charge in [0.2, 0.25) is 0 Å². The lowest BCUT2D eigenvalue weighted by Crippen LogP contribution is -2.28. The minimum atomic E-state index is 0.777. The topological polar surface area (TPSA) is 0 Å². The van der Waals surface area contributed by atoms with Crippen molar-refractivity contribution in [2.24, 2.45) is 17.8 Å². The van der Waals surface area contributed by atoms with E-state index in [0.717, 1.165) is 17.8 Å². The van der Waals surface area contributed by atoms with Gasteiger partial charge in [0.05, 0.1) is 0 Å². The summed E-state index contributed by atoms with van der Waals surface area (Å²) in [6.07, 6.45) is 10.6. The van der Waals surface area contributed by atoms with Crippen LogP contribution in [0.1, 0.15) is 67.7 Å². The van der Waals surface area contributed by atoms with Crippen LogP contribution in [0, 0.1) is 17.8 Å². The van der Waals surface area contributed by atoms with E-state index in [1.54, 1.807) is 33.4 Å². The molecule has 0 N–H and O–H groups in total. The van der Waals surface area contributed by atoms with Gasteiger partial charge < -0.3 is 0 Å². The Balaban J connectivity index is 1.34. The highest BCUT2D eigenvalue weighted by Gasteiger charge is 2.39. The Kier molecular flexibility index (Phi) is 3.89. The van der Waals surface area contributed by atoms with Gasteiger partial charge in [-0.3, -0.25) is 0 Å². The molecule has 0 aliphatic heterocycles. The first-order valence-electron chi connectivity index (χ1n) is 11.4. The third-order valence-electron chi connectivity index (χ3n) is 8.27. The number of hydrogen-bond acceptors (Lipinski definition) is 0. The maximum Gasteiger partial charge on any atom is -0.00521 e. The zero-order valence-corrected chi connectivity index (χ0v) is 17.0. The third kappa shape index (κ3) is 2.43. The fourth-order valence-corrected chi connectivity index (χ4v) is 6.99. The summed E-state index contributed by atoms with van der Waals surface area (Å²) in [6.45, 7) is 2.59. The van der Waals surface area contributed by atoms with Crippen molar-refractivity contribution in [3.05, 3.63) is 81.9 Å². The van der Waals surface area contributed by atoms with Crippen LogP contribution in [-0.2, 0) is 12.8 Å². The van der Waals surface area contributed by atoms with Gasteiger partial charge in [-0.2, -0.15) is 0 Å². The van der Waals surface area contributed by atoms with Crippen molar-refractivity contribution in [1.29, 1.82) is 0 Å². The summed E-state index contributed by atoms with van der Waals surface area (Å²) in [5.41, 5.74) is 13.4. The lowest BCUT2D eigenvalue weighted by Gasteiger charge is -2.38. The maximum atomic E-state index is 2.59. The second-order valence-electron chi connectivity index (χ2n) is 9.53. The summed E-state index contributed by atoms with van der Waals surface area (Å²) in [7, 11) is 0. The van der Waals surface area contributed by atoms with Gasteiger partial charge in [-0.1, -0.05) is 66.6 Å². The highest BCUT2D eigenvalue weighted by atomic mass is 14.4. The first-order valence-corrected chi connectivity index (χ1v) is 11.4. The molecule has 0 bridgehead atoms. The molecule has 0 amide bonds. The minimum absolute atomic E-state index is 0.777. The van der Waals surface area contributed by atoms with Crippen molar-refractivity contribution < 1.29 is 0 Å². The van der Waals surface area contributed by atoms with Crippen LogP contribution in [0.4, 0.5) is 0 Å². The molecule has 0 fully saturated rings. The van der Waals surface area contributed by atoms with Gasteiger partial charge in [0.15, 0.2) is 0 Å². The molecule has 0 spiro atoms. The molecule has 2 unspecified atom stereocenters. The molecule has 0 nitrogen and oxygen atoms in total. The van der Waals surface area contributed by atoms with Gasteiger partial charge in [0.25, 0.3) is 0 Å². The molecule has 2 atom stereocenters. The minimum Gasteiger partial charge on any atom is -0.0619 e. The molecule has 0 saturated carbocycles. The molecule has 0 heterocycles. The zero-order chi connectivity index (χ0) is 18.7. The predicted molar refractivity (Wildman–Crippen MR) is 118 cm³/mol. The number of benzene rings is 2. The standard InChI is InChI=1S/C28H30/c1-18(21-12-6-14-25-23-10-4-2-8-19(23)16-27(21)25)22-13-7-15-26-24-11-5-3-9-20(24)17-28(22)26/h2-5,8-11,18,21-22H,6-7,12-17H2,1H3. The molecule has 2 aromatic rings. The lowest BCUT2D eigenvalue weighted by molar-refractivity contribution is 0.262. The molecule has 0 heteroatoms. The lowest BCUT2D eigenvalue weighted by atomic mass is 9.66. The van der Waals surface area contributed by atoms with Crippen molar-refractivity contribution in [2.75, 3.05) is 0 Å². The molecule has 0 saturated heterocycles. The van der Waals surface area contributed by atoms with Crippen LogP contribution in [0.5, 0.6) is 0 Å². The number of fused-ring (bicyclic) bond motifs is 4. The predicted octanol–water partition coefficient (Wildman–Crippen LogP) is 7.24. The second-order valence-corrected chi connectivity index (χ2v) is 9.53. The van der Waals surface area contributed by atoms with E-state index in [-0.39, 0.29) is 0 Å². The Hall–Kier alpha value is -2.08. The van der Waals surface area contributed by atoms with Gasteiger partial charge in [-0.25, -0.2) is 0 Å².